The standard InChI is InChI=1S/C17H24N2O5/c18-17(21)14-3-1-2-6-19(14)8-13(20)10-22-9-12-4-5-15-16(7-12)24-11-23-15/h4-5,7,13-14,20H,1-3,6,8-11H2,(H2,18,21)/t13-,14-/m1/s1. The Labute approximate surface area is 141 Å². The van der Waals surface area contributed by atoms with Crippen LogP contribution in [0.1, 0.15) is 24.8 Å². The van der Waals surface area contributed by atoms with Crippen LogP contribution in [0.15, 0.2) is 18.2 Å². The van der Waals surface area contributed by atoms with Crippen LogP contribution in [-0.2, 0) is 16.1 Å². The van der Waals surface area contributed by atoms with Crippen molar-refractivity contribution in [1.82, 2.24) is 4.90 Å². The molecular formula is C17H24N2O5. The molecule has 0 bridgehead atoms. The van der Waals surface area contributed by atoms with Gasteiger partial charge in [-0.3, -0.25) is 9.69 Å². The molecule has 7 nitrogen and oxygen atoms in total. The Kier molecular flexibility index (Phi) is 5.55. The number of β-amino-alcohol motifs (C(OH)–C–C–N with tert-alkyl or cyclic N) is 1. The second-order valence-electron chi connectivity index (χ2n) is 6.27. The van der Waals surface area contributed by atoms with Crippen LogP contribution in [0.5, 0.6) is 11.5 Å². The minimum absolute atomic E-state index is 0.205. The minimum atomic E-state index is -0.654. The van der Waals surface area contributed by atoms with Gasteiger partial charge >= 0.3 is 0 Å². The number of primary amides is 1. The lowest BCUT2D eigenvalue weighted by atomic mass is 10.0. The lowest BCUT2D eigenvalue weighted by Gasteiger charge is -2.34. The smallest absolute Gasteiger partial charge is 0.234 e. The maximum atomic E-state index is 11.5. The molecule has 0 aromatic heterocycles. The van der Waals surface area contributed by atoms with E-state index in [2.05, 4.69) is 0 Å². The van der Waals surface area contributed by atoms with E-state index >= 15 is 0 Å². The minimum Gasteiger partial charge on any atom is -0.454 e. The molecule has 24 heavy (non-hydrogen) atoms. The van der Waals surface area contributed by atoms with E-state index in [4.69, 9.17) is 19.9 Å². The predicted molar refractivity (Wildman–Crippen MR) is 86.6 cm³/mol. The van der Waals surface area contributed by atoms with Crippen molar-refractivity contribution in [2.45, 2.75) is 38.0 Å². The molecule has 0 unspecified atom stereocenters. The number of nitrogens with zero attached hydrogens (tertiary/aromatic N) is 1. The molecule has 0 spiro atoms. The van der Waals surface area contributed by atoms with E-state index in [1.54, 1.807) is 0 Å². The van der Waals surface area contributed by atoms with Gasteiger partial charge in [0.2, 0.25) is 12.7 Å². The second-order valence-corrected chi connectivity index (χ2v) is 6.27. The van der Waals surface area contributed by atoms with Crippen molar-refractivity contribution >= 4 is 5.91 Å². The molecule has 0 saturated carbocycles. The molecule has 2 atom stereocenters. The maximum Gasteiger partial charge on any atom is 0.234 e. The molecule has 1 aromatic rings. The van der Waals surface area contributed by atoms with Crippen LogP contribution in [0.2, 0.25) is 0 Å². The van der Waals surface area contributed by atoms with Gasteiger partial charge in [0.05, 0.1) is 25.4 Å². The summed E-state index contributed by atoms with van der Waals surface area (Å²) in [4.78, 5) is 13.4. The third kappa shape index (κ3) is 4.17. The lowest BCUT2D eigenvalue weighted by molar-refractivity contribution is -0.125. The van der Waals surface area contributed by atoms with Gasteiger partial charge in [0.15, 0.2) is 11.5 Å². The summed E-state index contributed by atoms with van der Waals surface area (Å²) in [6, 6.07) is 5.36. The Morgan fingerprint density at radius 3 is 3.04 bits per heavy atom. The van der Waals surface area contributed by atoms with Crippen LogP contribution >= 0.6 is 0 Å². The number of carbonyl (C=O) groups excluding carboxylic acids is 1. The molecule has 1 fully saturated rings. The van der Waals surface area contributed by atoms with Crippen LogP contribution in [0.4, 0.5) is 0 Å². The number of fused-ring (bicyclic) bond motifs is 1. The van der Waals surface area contributed by atoms with Crippen LogP contribution in [0, 0.1) is 0 Å². The molecule has 0 radical (unpaired) electrons. The monoisotopic (exact) mass is 336 g/mol. The van der Waals surface area contributed by atoms with Gasteiger partial charge in [0, 0.05) is 6.54 Å². The molecule has 7 heteroatoms. The summed E-state index contributed by atoms with van der Waals surface area (Å²) in [5, 5.41) is 10.2. The number of carbonyl (C=O) groups is 1. The first kappa shape index (κ1) is 17.0. The third-order valence-corrected chi connectivity index (χ3v) is 4.40. The molecule has 132 valence electrons. The van der Waals surface area contributed by atoms with E-state index in [0.29, 0.717) is 18.9 Å². The summed E-state index contributed by atoms with van der Waals surface area (Å²) >= 11 is 0. The summed E-state index contributed by atoms with van der Waals surface area (Å²) < 4.78 is 16.2. The number of piperidine rings is 1. The van der Waals surface area contributed by atoms with E-state index < -0.39 is 6.10 Å². The average molecular weight is 336 g/mol. The second kappa shape index (κ2) is 7.83. The van der Waals surface area contributed by atoms with E-state index in [9.17, 15) is 9.90 Å². The number of aliphatic hydroxyl groups excluding tert-OH is 1. The van der Waals surface area contributed by atoms with Crippen molar-refractivity contribution in [3.05, 3.63) is 23.8 Å². The molecule has 2 heterocycles. The van der Waals surface area contributed by atoms with Crippen LogP contribution < -0.4 is 15.2 Å². The number of hydrogen-bond donors (Lipinski definition) is 2. The third-order valence-electron chi connectivity index (χ3n) is 4.40. The fourth-order valence-electron chi connectivity index (χ4n) is 3.20. The average Bonchev–Trinajstić information content (AvgIpc) is 3.03. The fourth-order valence-corrected chi connectivity index (χ4v) is 3.20. The molecule has 1 aromatic carbocycles. The van der Waals surface area contributed by atoms with Crippen LogP contribution in [-0.4, -0.2) is 54.5 Å². The normalized spacial score (nSPS) is 21.6. The van der Waals surface area contributed by atoms with E-state index in [1.807, 2.05) is 23.1 Å². The van der Waals surface area contributed by atoms with Crippen molar-refractivity contribution < 1.29 is 24.1 Å². The quantitative estimate of drug-likeness (QED) is 0.759. The number of nitrogens with two attached hydrogens (primary N) is 1. The van der Waals surface area contributed by atoms with Crippen LogP contribution in [0.3, 0.4) is 0 Å². The van der Waals surface area contributed by atoms with Crippen molar-refractivity contribution in [3.63, 3.8) is 0 Å². The first-order chi connectivity index (χ1) is 11.6. The predicted octanol–water partition coefficient (Wildman–Crippen LogP) is 0.633. The number of ether oxygens (including phenoxy) is 3. The Morgan fingerprint density at radius 2 is 2.21 bits per heavy atom. The number of hydrogen-bond acceptors (Lipinski definition) is 6. The van der Waals surface area contributed by atoms with E-state index in [0.717, 1.165) is 37.1 Å². The molecule has 1 saturated heterocycles. The van der Waals surface area contributed by atoms with Gasteiger partial charge in [-0.05, 0) is 37.1 Å². The zero-order valence-electron chi connectivity index (χ0n) is 13.6. The maximum absolute atomic E-state index is 11.5. The number of benzene rings is 1. The summed E-state index contributed by atoms with van der Waals surface area (Å²) in [7, 11) is 0. The van der Waals surface area contributed by atoms with E-state index in [-0.39, 0.29) is 25.3 Å². The topological polar surface area (TPSA) is 94.3 Å². The summed E-state index contributed by atoms with van der Waals surface area (Å²) in [5.41, 5.74) is 6.40. The summed E-state index contributed by atoms with van der Waals surface area (Å²) in [6.07, 6.45) is 2.13. The van der Waals surface area contributed by atoms with Crippen LogP contribution in [0.25, 0.3) is 0 Å². The zero-order valence-corrected chi connectivity index (χ0v) is 13.6. The van der Waals surface area contributed by atoms with E-state index in [1.165, 1.54) is 0 Å². The number of rotatable bonds is 7. The van der Waals surface area contributed by atoms with Gasteiger partial charge in [-0.15, -0.1) is 0 Å². The van der Waals surface area contributed by atoms with Gasteiger partial charge in [-0.25, -0.2) is 0 Å². The Balaban J connectivity index is 1.43. The highest BCUT2D eigenvalue weighted by molar-refractivity contribution is 5.79. The highest BCUT2D eigenvalue weighted by atomic mass is 16.7. The Morgan fingerprint density at radius 1 is 1.38 bits per heavy atom. The number of amides is 1. The summed E-state index contributed by atoms with van der Waals surface area (Å²) in [6.45, 7) is 2.01. The largest absolute Gasteiger partial charge is 0.454 e. The molecule has 2 aliphatic rings. The highest BCUT2D eigenvalue weighted by Crippen LogP contribution is 2.32. The van der Waals surface area contributed by atoms with Gasteiger partial charge in [-0.1, -0.05) is 12.5 Å². The lowest BCUT2D eigenvalue weighted by Crippen LogP contribution is -2.50. The van der Waals surface area contributed by atoms with Crippen molar-refractivity contribution in [2.24, 2.45) is 5.73 Å². The zero-order chi connectivity index (χ0) is 16.9. The summed E-state index contributed by atoms with van der Waals surface area (Å²) in [5.74, 6) is 1.14. The van der Waals surface area contributed by atoms with Gasteiger partial charge in [0.1, 0.15) is 0 Å². The molecule has 2 aliphatic heterocycles. The number of likely N-dealkylation sites (tertiary alicyclic amines) is 1. The molecular weight excluding hydrogens is 312 g/mol. The van der Waals surface area contributed by atoms with Crippen molar-refractivity contribution in [3.8, 4) is 11.5 Å². The SMILES string of the molecule is NC(=O)[C@H]1CCCCN1C[C@@H](O)COCc1ccc2c(c1)OCO2. The number of aliphatic hydroxyl groups is 1. The Hall–Kier alpha value is -1.83. The first-order valence-corrected chi connectivity index (χ1v) is 8.31. The molecule has 0 aliphatic carbocycles. The fraction of sp³-hybridized carbons (Fsp3) is 0.588. The van der Waals surface area contributed by atoms with Crippen molar-refractivity contribution in [2.75, 3.05) is 26.5 Å². The first-order valence-electron chi connectivity index (χ1n) is 8.31. The highest BCUT2D eigenvalue weighted by Gasteiger charge is 2.28. The molecule has 3 N–H and O–H groups in total. The van der Waals surface area contributed by atoms with Gasteiger partial charge in [0.25, 0.3) is 0 Å². The molecule has 1 amide bonds. The molecule has 3 rings (SSSR count). The van der Waals surface area contributed by atoms with Gasteiger partial charge in [-0.2, -0.15) is 0 Å². The van der Waals surface area contributed by atoms with Crippen molar-refractivity contribution in [1.29, 1.82) is 0 Å². The Bertz CT molecular complexity index is 580. The van der Waals surface area contributed by atoms with Gasteiger partial charge < -0.3 is 25.1 Å².